The van der Waals surface area contributed by atoms with Gasteiger partial charge in [-0.2, -0.15) is 0 Å². The molecule has 1 aliphatic heterocycles. The highest BCUT2D eigenvalue weighted by Crippen LogP contribution is 2.62. The van der Waals surface area contributed by atoms with Crippen LogP contribution in [0.5, 0.6) is 0 Å². The van der Waals surface area contributed by atoms with Crippen LogP contribution in [-0.2, 0) is 9.47 Å². The van der Waals surface area contributed by atoms with Crippen LogP contribution in [0.4, 0.5) is 0 Å². The van der Waals surface area contributed by atoms with Crippen molar-refractivity contribution in [2.45, 2.75) is 96.6 Å². The van der Waals surface area contributed by atoms with Crippen molar-refractivity contribution in [1.82, 2.24) is 0 Å². The Morgan fingerprint density at radius 1 is 0.973 bits per heavy atom. The van der Waals surface area contributed by atoms with Gasteiger partial charge in [0.15, 0.2) is 6.29 Å². The minimum atomic E-state index is -1.36. The third-order valence-electron chi connectivity index (χ3n) is 9.46. The average Bonchev–Trinajstić information content (AvgIpc) is 3.17. The van der Waals surface area contributed by atoms with Gasteiger partial charge >= 0.3 is 0 Å². The molecule has 5 rings (SSSR count). The van der Waals surface area contributed by atoms with E-state index in [2.05, 4.69) is 39.8 Å². The molecule has 0 aromatic heterocycles. The number of benzene rings is 1. The third kappa shape index (κ3) is 4.66. The topological polar surface area (TPSA) is 99.4 Å². The fraction of sp³-hybridized carbons (Fsp3) is 0.613. The van der Waals surface area contributed by atoms with Gasteiger partial charge in [-0.15, -0.1) is 0 Å². The molecular weight excluding hydrogens is 468 g/mol. The van der Waals surface area contributed by atoms with Crippen molar-refractivity contribution >= 4 is 0 Å². The van der Waals surface area contributed by atoms with E-state index in [1.165, 1.54) is 16.7 Å². The van der Waals surface area contributed by atoms with E-state index in [4.69, 9.17) is 9.47 Å². The minimum Gasteiger partial charge on any atom is -0.388 e. The lowest BCUT2D eigenvalue weighted by molar-refractivity contribution is -0.291. The molecular formula is C31H42O6. The van der Waals surface area contributed by atoms with Crippen LogP contribution in [0.3, 0.4) is 0 Å². The molecule has 37 heavy (non-hydrogen) atoms. The highest BCUT2D eigenvalue weighted by atomic mass is 16.7. The molecule has 4 N–H and O–H groups in total. The van der Waals surface area contributed by atoms with Crippen molar-refractivity contribution in [3.8, 4) is 0 Å². The minimum absolute atomic E-state index is 0.106. The van der Waals surface area contributed by atoms with Crippen molar-refractivity contribution in [1.29, 1.82) is 0 Å². The van der Waals surface area contributed by atoms with Crippen LogP contribution in [-0.4, -0.2) is 57.7 Å². The first-order valence-corrected chi connectivity index (χ1v) is 13.7. The van der Waals surface area contributed by atoms with Crippen LogP contribution < -0.4 is 0 Å². The molecule has 2 fully saturated rings. The van der Waals surface area contributed by atoms with Crippen molar-refractivity contribution in [2.75, 3.05) is 6.61 Å². The summed E-state index contributed by atoms with van der Waals surface area (Å²) in [5, 5.41) is 42.4. The number of hydrogen-bond acceptors (Lipinski definition) is 6. The van der Waals surface area contributed by atoms with Crippen molar-refractivity contribution in [2.24, 2.45) is 16.7 Å². The second kappa shape index (κ2) is 10.1. The number of fused-ring (bicyclic) bond motifs is 3. The van der Waals surface area contributed by atoms with Gasteiger partial charge in [0.25, 0.3) is 0 Å². The van der Waals surface area contributed by atoms with E-state index in [0.717, 1.165) is 36.8 Å². The molecule has 0 bridgehead atoms. The molecule has 1 aromatic rings. The number of aliphatic hydroxyl groups excluding tert-OH is 4. The summed E-state index contributed by atoms with van der Waals surface area (Å²) < 4.78 is 12.2. The Labute approximate surface area is 220 Å². The quantitative estimate of drug-likeness (QED) is 0.470. The van der Waals surface area contributed by atoms with E-state index in [9.17, 15) is 20.4 Å². The van der Waals surface area contributed by atoms with Crippen molar-refractivity contribution < 1.29 is 29.9 Å². The molecule has 0 radical (unpaired) electrons. The lowest BCUT2D eigenvalue weighted by atomic mass is 9.57. The molecule has 1 unspecified atom stereocenters. The van der Waals surface area contributed by atoms with Gasteiger partial charge in [0.1, 0.15) is 24.4 Å². The summed E-state index contributed by atoms with van der Waals surface area (Å²) in [4.78, 5) is 0. The molecule has 1 saturated carbocycles. The Bertz CT molecular complexity index is 1090. The average molecular weight is 511 g/mol. The van der Waals surface area contributed by atoms with E-state index in [1.807, 2.05) is 30.3 Å². The van der Waals surface area contributed by atoms with E-state index >= 15 is 0 Å². The molecule has 202 valence electrons. The van der Waals surface area contributed by atoms with Gasteiger partial charge in [-0.25, -0.2) is 0 Å². The van der Waals surface area contributed by atoms with E-state index in [0.29, 0.717) is 12.3 Å². The lowest BCUT2D eigenvalue weighted by Crippen LogP contribution is -2.56. The third-order valence-corrected chi connectivity index (χ3v) is 9.46. The molecule has 0 spiro atoms. The normalized spacial score (nSPS) is 39.0. The maximum absolute atomic E-state index is 11.4. The van der Waals surface area contributed by atoms with E-state index in [1.54, 1.807) is 0 Å². The molecule has 3 aliphatic carbocycles. The smallest absolute Gasteiger partial charge is 0.186 e. The Balaban J connectivity index is 1.58. The zero-order valence-corrected chi connectivity index (χ0v) is 22.4. The second-order valence-electron chi connectivity index (χ2n) is 12.2. The van der Waals surface area contributed by atoms with Gasteiger partial charge in [-0.3, -0.25) is 0 Å². The molecule has 6 heteroatoms. The van der Waals surface area contributed by atoms with Crippen molar-refractivity contribution in [3.63, 3.8) is 0 Å². The maximum atomic E-state index is 11.4. The predicted molar refractivity (Wildman–Crippen MR) is 141 cm³/mol. The largest absolute Gasteiger partial charge is 0.388 e. The summed E-state index contributed by atoms with van der Waals surface area (Å²) in [5.74, 6) is 0.446. The Morgan fingerprint density at radius 2 is 1.70 bits per heavy atom. The van der Waals surface area contributed by atoms with Crippen LogP contribution in [0, 0.1) is 16.7 Å². The fourth-order valence-electron chi connectivity index (χ4n) is 6.95. The second-order valence-corrected chi connectivity index (χ2v) is 12.2. The fourth-order valence-corrected chi connectivity index (χ4v) is 6.95. The van der Waals surface area contributed by atoms with Crippen molar-refractivity contribution in [3.05, 3.63) is 70.3 Å². The lowest BCUT2D eigenvalue weighted by Gasteiger charge is -2.50. The molecule has 1 aromatic carbocycles. The summed E-state index contributed by atoms with van der Waals surface area (Å²) in [6.07, 6.45) is 2.82. The van der Waals surface area contributed by atoms with Gasteiger partial charge in [-0.1, -0.05) is 75.8 Å². The number of rotatable bonds is 5. The van der Waals surface area contributed by atoms with Crippen LogP contribution in [0.25, 0.3) is 0 Å². The van der Waals surface area contributed by atoms with E-state index < -0.39 is 36.8 Å². The van der Waals surface area contributed by atoms with Crippen LogP contribution >= 0.6 is 0 Å². The molecule has 1 heterocycles. The number of hydrogen-bond donors (Lipinski definition) is 4. The monoisotopic (exact) mass is 510 g/mol. The first-order valence-electron chi connectivity index (χ1n) is 13.7. The predicted octanol–water partition coefficient (Wildman–Crippen LogP) is 4.35. The molecule has 8 atom stereocenters. The van der Waals surface area contributed by atoms with Crippen LogP contribution in [0.2, 0.25) is 0 Å². The Hall–Kier alpha value is -1.80. The SMILES string of the molecule is CC(C)C1=C2C3=CC=C(C(O)c4ccccc4)C[C@H](O[C@@H]4OC[C@@H](O)[C@H](O)[C@H]4O)[C@]3(C)CC[C@@]2(C)CC1. The summed E-state index contributed by atoms with van der Waals surface area (Å²) in [7, 11) is 0. The van der Waals surface area contributed by atoms with Gasteiger partial charge in [0, 0.05) is 5.41 Å². The molecule has 6 nitrogen and oxygen atoms in total. The highest BCUT2D eigenvalue weighted by Gasteiger charge is 2.53. The van der Waals surface area contributed by atoms with Gasteiger partial charge in [-0.05, 0) is 65.7 Å². The summed E-state index contributed by atoms with van der Waals surface area (Å²) in [6, 6.07) is 9.63. The van der Waals surface area contributed by atoms with Gasteiger partial charge in [0.2, 0.25) is 0 Å². The van der Waals surface area contributed by atoms with Crippen LogP contribution in [0.1, 0.15) is 71.5 Å². The number of aliphatic hydroxyl groups is 4. The first-order chi connectivity index (χ1) is 17.5. The number of ether oxygens (including phenoxy) is 2. The van der Waals surface area contributed by atoms with Crippen LogP contribution in [0.15, 0.2) is 64.8 Å². The standard InChI is InChI=1S/C31H42O6/c1-18(2)21-12-13-30(3)14-15-31(4)22(25(21)30)11-10-20(26(33)19-8-6-5-7-9-19)16-24(31)37-29-28(35)27(34)23(32)17-36-29/h5-11,18,23-24,26-29,32-35H,12-17H2,1-4H3/t23-,24+,26?,27+,28-,29+,30-,31-/m1/s1. The Kier molecular flexibility index (Phi) is 7.29. The molecule has 1 saturated heterocycles. The number of allylic oxidation sites excluding steroid dienone is 4. The summed E-state index contributed by atoms with van der Waals surface area (Å²) in [6.45, 7) is 9.05. The molecule has 4 aliphatic rings. The van der Waals surface area contributed by atoms with E-state index in [-0.39, 0.29) is 17.4 Å². The summed E-state index contributed by atoms with van der Waals surface area (Å²) in [5.41, 5.74) is 5.61. The maximum Gasteiger partial charge on any atom is 0.186 e. The zero-order valence-electron chi connectivity index (χ0n) is 22.4. The molecule has 0 amide bonds. The summed E-state index contributed by atoms with van der Waals surface area (Å²) >= 11 is 0. The van der Waals surface area contributed by atoms with Gasteiger partial charge in [0.05, 0.1) is 12.7 Å². The van der Waals surface area contributed by atoms with Gasteiger partial charge < -0.3 is 29.9 Å². The Morgan fingerprint density at radius 3 is 2.41 bits per heavy atom. The first kappa shape index (κ1) is 26.8. The zero-order chi connectivity index (χ0) is 26.5. The highest BCUT2D eigenvalue weighted by molar-refractivity contribution is 5.53.